The summed E-state index contributed by atoms with van der Waals surface area (Å²) < 4.78 is 51.7. The second-order valence-corrected chi connectivity index (χ2v) is 26.5. The van der Waals surface area contributed by atoms with Crippen molar-refractivity contribution in [3.05, 3.63) is 261 Å². The van der Waals surface area contributed by atoms with Crippen LogP contribution in [0.3, 0.4) is 0 Å². The maximum atomic E-state index is 13.0. The van der Waals surface area contributed by atoms with Gasteiger partial charge in [0.25, 0.3) is 0 Å². The van der Waals surface area contributed by atoms with Gasteiger partial charge in [0.2, 0.25) is 23.8 Å². The first-order valence-electron chi connectivity index (χ1n) is 34.9. The highest BCUT2D eigenvalue weighted by atomic mass is 19.1. The van der Waals surface area contributed by atoms with Gasteiger partial charge in [-0.25, -0.2) is 19.9 Å². The minimum absolute atomic E-state index is 0.383. The smallest absolute Gasteiger partial charge is 0.212 e. The van der Waals surface area contributed by atoms with E-state index in [1.54, 1.807) is 24.8 Å². The van der Waals surface area contributed by atoms with E-state index in [2.05, 4.69) is 145 Å². The molecule has 0 spiro atoms. The highest BCUT2D eigenvalue weighted by molar-refractivity contribution is 5.31. The Bertz CT molecular complexity index is 3250. The molecular formula is C82H100F4N4. The number of halogens is 4. The van der Waals surface area contributed by atoms with E-state index in [4.69, 9.17) is 0 Å². The van der Waals surface area contributed by atoms with Gasteiger partial charge in [0.1, 0.15) is 0 Å². The lowest BCUT2D eigenvalue weighted by atomic mass is 9.76. The molecule has 0 N–H and O–H groups in total. The lowest BCUT2D eigenvalue weighted by Gasteiger charge is -2.29. The number of pyridine rings is 4. The second kappa shape index (κ2) is 35.7. The van der Waals surface area contributed by atoms with Crippen molar-refractivity contribution in [2.75, 3.05) is 0 Å². The molecule has 12 rings (SSSR count). The zero-order valence-electron chi connectivity index (χ0n) is 54.5. The van der Waals surface area contributed by atoms with E-state index in [-0.39, 0.29) is 23.8 Å². The van der Waals surface area contributed by atoms with Gasteiger partial charge in [0, 0.05) is 24.8 Å². The summed E-state index contributed by atoms with van der Waals surface area (Å²) in [6.07, 6.45) is 38.3. The van der Waals surface area contributed by atoms with Crippen LogP contribution in [0.1, 0.15) is 283 Å². The Morgan fingerprint density at radius 1 is 0.244 bits per heavy atom. The fraction of sp³-hybridized carbons (Fsp3) is 0.463. The molecule has 4 heterocycles. The van der Waals surface area contributed by atoms with Crippen molar-refractivity contribution in [3.8, 4) is 0 Å². The summed E-state index contributed by atoms with van der Waals surface area (Å²) in [5.74, 6) is 3.36. The molecule has 4 aromatic carbocycles. The third-order valence-electron chi connectivity index (χ3n) is 20.4. The third kappa shape index (κ3) is 20.6. The molecule has 4 aromatic heterocycles. The van der Waals surface area contributed by atoms with Crippen molar-refractivity contribution in [2.24, 2.45) is 0 Å². The van der Waals surface area contributed by atoms with Crippen molar-refractivity contribution in [3.63, 3.8) is 0 Å². The zero-order chi connectivity index (χ0) is 62.9. The normalized spacial score (nSPS) is 21.5. The van der Waals surface area contributed by atoms with Gasteiger partial charge in [0.15, 0.2) is 0 Å². The minimum Gasteiger partial charge on any atom is -0.228 e. The molecule has 8 aromatic rings. The molecule has 4 aliphatic carbocycles. The Morgan fingerprint density at radius 3 is 0.689 bits per heavy atom. The SMILES string of the molecule is CCCCCc1ccc(C2CCC(c3ccc(F)nc3)CC2)cc1.CCCCc1ccc(C2CCC(c3ccc(F)nc3)CC2)cc1.CCCc1ccc(C2CCC(c3ccc(F)nc3)CC2)cc1.CCc1ccc(C2CCC(c3ccc(F)nc3)CC2)cc1. The van der Waals surface area contributed by atoms with Crippen LogP contribution in [0.2, 0.25) is 0 Å². The van der Waals surface area contributed by atoms with Gasteiger partial charge < -0.3 is 0 Å². The Kier molecular flexibility index (Phi) is 26.8. The van der Waals surface area contributed by atoms with E-state index in [1.807, 2.05) is 24.3 Å². The van der Waals surface area contributed by atoms with Gasteiger partial charge in [-0.2, -0.15) is 17.6 Å². The topological polar surface area (TPSA) is 51.6 Å². The number of nitrogens with zero attached hydrogens (tertiary/aromatic N) is 4. The van der Waals surface area contributed by atoms with Crippen LogP contribution < -0.4 is 0 Å². The van der Waals surface area contributed by atoms with Crippen LogP contribution in [0.25, 0.3) is 0 Å². The standard InChI is InChI=1S/C22H28FN.C21H26FN.C20H24FN.C19H22FN/c1-2-3-4-5-17-6-8-18(9-7-17)19-10-12-20(13-11-19)21-14-15-22(23)24-16-21;1-2-3-4-16-5-7-17(8-6-16)18-9-11-19(12-10-18)20-13-14-21(22)23-15-20;1-2-3-15-4-6-16(7-5-15)17-8-10-18(11-9-17)19-12-13-20(21)22-14-19;1-2-14-3-5-15(6-4-14)16-7-9-17(10-8-16)18-11-12-19(20)21-13-18/h6-9,14-16,19-20H,2-5,10-13H2,1H3;5-8,13-15,18-19H,2-4,9-12H2,1H3;4-7,12-14,17-18H,2-3,8-11H2,1H3;3-6,11-13,16-17H,2,7-10H2,1H3. The zero-order valence-corrected chi connectivity index (χ0v) is 54.5. The van der Waals surface area contributed by atoms with Crippen molar-refractivity contribution in [1.82, 2.24) is 19.9 Å². The van der Waals surface area contributed by atoms with Gasteiger partial charge in [-0.05, 0) is 280 Å². The first kappa shape index (κ1) is 67.6. The first-order valence-corrected chi connectivity index (χ1v) is 34.9. The maximum Gasteiger partial charge on any atom is 0.212 e. The van der Waals surface area contributed by atoms with E-state index in [1.165, 1.54) is 252 Å². The van der Waals surface area contributed by atoms with Crippen LogP contribution in [-0.4, -0.2) is 19.9 Å². The lowest BCUT2D eigenvalue weighted by Crippen LogP contribution is -2.12. The Hall–Kier alpha value is -6.80. The summed E-state index contributed by atoms with van der Waals surface area (Å²) in [6.45, 7) is 8.90. The fourth-order valence-electron chi connectivity index (χ4n) is 14.7. The van der Waals surface area contributed by atoms with Crippen molar-refractivity contribution < 1.29 is 17.6 Å². The number of unbranched alkanes of at least 4 members (excludes halogenated alkanes) is 3. The van der Waals surface area contributed by atoms with Crippen LogP contribution in [0.5, 0.6) is 0 Å². The predicted molar refractivity (Wildman–Crippen MR) is 364 cm³/mol. The van der Waals surface area contributed by atoms with Gasteiger partial charge in [-0.15, -0.1) is 0 Å². The number of hydrogen-bond donors (Lipinski definition) is 0. The van der Waals surface area contributed by atoms with E-state index < -0.39 is 0 Å². The highest BCUT2D eigenvalue weighted by Crippen LogP contribution is 2.44. The second-order valence-electron chi connectivity index (χ2n) is 26.5. The van der Waals surface area contributed by atoms with Gasteiger partial charge >= 0.3 is 0 Å². The molecular weight excluding hydrogens is 1120 g/mol. The van der Waals surface area contributed by atoms with Crippen LogP contribution in [-0.2, 0) is 25.7 Å². The van der Waals surface area contributed by atoms with E-state index >= 15 is 0 Å². The summed E-state index contributed by atoms with van der Waals surface area (Å²) in [5.41, 5.74) is 16.5. The Balaban J connectivity index is 0.000000142. The van der Waals surface area contributed by atoms with Crippen LogP contribution in [0.4, 0.5) is 17.6 Å². The largest absolute Gasteiger partial charge is 0.228 e. The van der Waals surface area contributed by atoms with Crippen LogP contribution in [0.15, 0.2) is 170 Å². The molecule has 476 valence electrons. The molecule has 0 aliphatic heterocycles. The number of hydrogen-bond acceptors (Lipinski definition) is 4. The molecule has 8 heteroatoms. The number of aryl methyl sites for hydroxylation is 4. The molecule has 90 heavy (non-hydrogen) atoms. The molecule has 0 saturated heterocycles. The third-order valence-corrected chi connectivity index (χ3v) is 20.4. The van der Waals surface area contributed by atoms with Crippen LogP contribution in [0, 0.1) is 23.8 Å². The van der Waals surface area contributed by atoms with Gasteiger partial charge in [-0.1, -0.05) is 175 Å². The minimum atomic E-state index is -0.386. The van der Waals surface area contributed by atoms with Gasteiger partial charge in [0.05, 0.1) is 0 Å². The van der Waals surface area contributed by atoms with Crippen LogP contribution >= 0.6 is 0 Å². The summed E-state index contributed by atoms with van der Waals surface area (Å²) >= 11 is 0. The Labute approximate surface area is 537 Å². The Morgan fingerprint density at radius 2 is 0.467 bits per heavy atom. The molecule has 4 aliphatic rings. The average Bonchev–Trinajstić information content (AvgIpc) is 2.11. The predicted octanol–water partition coefficient (Wildman–Crippen LogP) is 23.2. The van der Waals surface area contributed by atoms with Crippen molar-refractivity contribution in [1.29, 1.82) is 0 Å². The van der Waals surface area contributed by atoms with E-state index in [9.17, 15) is 17.6 Å². The first-order chi connectivity index (χ1) is 44.0. The number of aromatic nitrogens is 4. The van der Waals surface area contributed by atoms with Crippen molar-refractivity contribution >= 4 is 0 Å². The summed E-state index contributed by atoms with van der Waals surface area (Å²) in [5, 5.41) is 0. The molecule has 0 atom stereocenters. The number of benzene rings is 4. The molecule has 0 unspecified atom stereocenters. The molecule has 4 nitrogen and oxygen atoms in total. The average molecular weight is 1220 g/mol. The lowest BCUT2D eigenvalue weighted by molar-refractivity contribution is 0.395. The molecule has 4 saturated carbocycles. The fourth-order valence-corrected chi connectivity index (χ4v) is 14.7. The summed E-state index contributed by atoms with van der Waals surface area (Å²) in [7, 11) is 0. The van der Waals surface area contributed by atoms with Crippen molar-refractivity contribution in [2.45, 2.75) is 242 Å². The van der Waals surface area contributed by atoms with Gasteiger partial charge in [-0.3, -0.25) is 0 Å². The maximum absolute atomic E-state index is 13.0. The molecule has 4 fully saturated rings. The summed E-state index contributed by atoms with van der Waals surface area (Å²) in [6, 6.07) is 50.4. The number of rotatable bonds is 18. The molecule has 0 radical (unpaired) electrons. The molecule has 0 amide bonds. The quantitative estimate of drug-likeness (QED) is 0.0488. The summed E-state index contributed by atoms with van der Waals surface area (Å²) in [4.78, 5) is 15.2. The highest BCUT2D eigenvalue weighted by Gasteiger charge is 2.28. The van der Waals surface area contributed by atoms with E-state index in [0.29, 0.717) is 47.3 Å². The molecule has 0 bridgehead atoms. The monoisotopic (exact) mass is 1220 g/mol. The van der Waals surface area contributed by atoms with E-state index in [0.717, 1.165) is 6.42 Å².